The van der Waals surface area contributed by atoms with Crippen LogP contribution in [-0.2, 0) is 0 Å². The highest BCUT2D eigenvalue weighted by Gasteiger charge is 2.20. The Balaban J connectivity index is 2.17. The van der Waals surface area contributed by atoms with Crippen LogP contribution in [0.4, 0.5) is 0 Å². The van der Waals surface area contributed by atoms with Crippen LogP contribution >= 0.6 is 34.5 Å². The standard InChI is InChI=1S/C14H12Cl2N2O3S/c1-6-11(14(20)21)22-13(18-6)7(2)17-12(19)8-3-9(15)5-10(16)4-8/h3-5,7H,1-2H3,(H,17,19)(H,20,21). The molecule has 2 N–H and O–H groups in total. The summed E-state index contributed by atoms with van der Waals surface area (Å²) in [5.41, 5.74) is 0.760. The minimum absolute atomic E-state index is 0.168. The second kappa shape index (κ2) is 6.64. The number of nitrogens with zero attached hydrogens (tertiary/aromatic N) is 1. The molecule has 0 spiro atoms. The number of aromatic carboxylic acids is 1. The van der Waals surface area contributed by atoms with Gasteiger partial charge in [-0.05, 0) is 32.0 Å². The van der Waals surface area contributed by atoms with Gasteiger partial charge in [-0.1, -0.05) is 23.2 Å². The molecule has 0 aliphatic carbocycles. The maximum Gasteiger partial charge on any atom is 0.347 e. The molecule has 1 unspecified atom stereocenters. The maximum atomic E-state index is 12.2. The first-order chi connectivity index (χ1) is 10.3. The first kappa shape index (κ1) is 16.7. The number of benzene rings is 1. The molecule has 22 heavy (non-hydrogen) atoms. The summed E-state index contributed by atoms with van der Waals surface area (Å²) in [4.78, 5) is 27.6. The van der Waals surface area contributed by atoms with Crippen molar-refractivity contribution in [2.24, 2.45) is 0 Å². The molecule has 116 valence electrons. The maximum absolute atomic E-state index is 12.2. The van der Waals surface area contributed by atoms with Crippen molar-refractivity contribution >= 4 is 46.4 Å². The van der Waals surface area contributed by atoms with E-state index in [1.165, 1.54) is 18.2 Å². The van der Waals surface area contributed by atoms with Crippen LogP contribution < -0.4 is 5.32 Å². The predicted molar refractivity (Wildman–Crippen MR) is 86.2 cm³/mol. The van der Waals surface area contributed by atoms with Crippen LogP contribution in [0.3, 0.4) is 0 Å². The van der Waals surface area contributed by atoms with E-state index in [0.717, 1.165) is 11.3 Å². The normalized spacial score (nSPS) is 12.0. The van der Waals surface area contributed by atoms with E-state index >= 15 is 0 Å². The number of carbonyl (C=O) groups is 2. The summed E-state index contributed by atoms with van der Waals surface area (Å²) in [6.07, 6.45) is 0. The third kappa shape index (κ3) is 3.76. The zero-order valence-electron chi connectivity index (χ0n) is 11.7. The molecule has 1 atom stereocenters. The van der Waals surface area contributed by atoms with Crippen molar-refractivity contribution in [3.05, 3.63) is 49.4 Å². The van der Waals surface area contributed by atoms with Crippen LogP contribution in [0.25, 0.3) is 0 Å². The largest absolute Gasteiger partial charge is 0.477 e. The molecule has 1 amide bonds. The average Bonchev–Trinajstić information content (AvgIpc) is 2.80. The summed E-state index contributed by atoms with van der Waals surface area (Å²) < 4.78 is 0. The molecule has 0 bridgehead atoms. The molecule has 1 heterocycles. The van der Waals surface area contributed by atoms with Gasteiger partial charge in [0.25, 0.3) is 5.91 Å². The molecule has 8 heteroatoms. The Labute approximate surface area is 140 Å². The van der Waals surface area contributed by atoms with E-state index in [9.17, 15) is 9.59 Å². The fraction of sp³-hybridized carbons (Fsp3) is 0.214. The molecule has 0 saturated carbocycles. The first-order valence-electron chi connectivity index (χ1n) is 6.25. The molecule has 1 aromatic heterocycles. The van der Waals surface area contributed by atoms with Gasteiger partial charge in [0.15, 0.2) is 0 Å². The SMILES string of the molecule is Cc1nc(C(C)NC(=O)c2cc(Cl)cc(Cl)c2)sc1C(=O)O. The Morgan fingerprint density at radius 3 is 2.36 bits per heavy atom. The predicted octanol–water partition coefficient (Wildman–Crippen LogP) is 3.95. The number of carboxylic acids is 1. The Kier molecular flexibility index (Phi) is 5.05. The number of nitrogens with one attached hydrogen (secondary N) is 1. The van der Waals surface area contributed by atoms with Gasteiger partial charge in [0.2, 0.25) is 0 Å². The number of amides is 1. The second-order valence-corrected chi connectivity index (χ2v) is 6.53. The summed E-state index contributed by atoms with van der Waals surface area (Å²) in [5.74, 6) is -1.39. The number of aromatic nitrogens is 1. The highest BCUT2D eigenvalue weighted by atomic mass is 35.5. The van der Waals surface area contributed by atoms with E-state index in [-0.39, 0.29) is 10.8 Å². The van der Waals surface area contributed by atoms with Gasteiger partial charge >= 0.3 is 5.97 Å². The van der Waals surface area contributed by atoms with Gasteiger partial charge in [-0.25, -0.2) is 9.78 Å². The molecule has 0 aliphatic heterocycles. The summed E-state index contributed by atoms with van der Waals surface area (Å²) in [6.45, 7) is 3.35. The molecule has 2 rings (SSSR count). The highest BCUT2D eigenvalue weighted by Crippen LogP contribution is 2.24. The van der Waals surface area contributed by atoms with Gasteiger partial charge in [0, 0.05) is 15.6 Å². The van der Waals surface area contributed by atoms with E-state index in [1.54, 1.807) is 13.8 Å². The molecule has 5 nitrogen and oxygen atoms in total. The zero-order chi connectivity index (χ0) is 16.4. The smallest absolute Gasteiger partial charge is 0.347 e. The van der Waals surface area contributed by atoms with Crippen molar-refractivity contribution in [3.63, 3.8) is 0 Å². The van der Waals surface area contributed by atoms with Gasteiger partial charge in [-0.2, -0.15) is 0 Å². The van der Waals surface area contributed by atoms with Crippen LogP contribution in [0.1, 0.15) is 43.7 Å². The van der Waals surface area contributed by atoms with Crippen LogP contribution in [0.5, 0.6) is 0 Å². The molecule has 1 aromatic carbocycles. The van der Waals surface area contributed by atoms with Gasteiger partial charge in [-0.15, -0.1) is 11.3 Å². The lowest BCUT2D eigenvalue weighted by Gasteiger charge is -2.11. The zero-order valence-corrected chi connectivity index (χ0v) is 14.0. The molecular formula is C14H12Cl2N2O3S. The van der Waals surface area contributed by atoms with Crippen molar-refractivity contribution in [3.8, 4) is 0 Å². The van der Waals surface area contributed by atoms with Gasteiger partial charge in [0.05, 0.1) is 11.7 Å². The fourth-order valence-corrected chi connectivity index (χ4v) is 3.26. The Hall–Kier alpha value is -1.63. The monoisotopic (exact) mass is 358 g/mol. The van der Waals surface area contributed by atoms with Crippen LogP contribution in [0.15, 0.2) is 18.2 Å². The Bertz CT molecular complexity index is 725. The fourth-order valence-electron chi connectivity index (χ4n) is 1.83. The van der Waals surface area contributed by atoms with Crippen LogP contribution in [0.2, 0.25) is 10.0 Å². The summed E-state index contributed by atoms with van der Waals surface area (Å²) in [5, 5.41) is 13.0. The number of hydrogen-bond acceptors (Lipinski definition) is 4. The van der Waals surface area contributed by atoms with Crippen molar-refractivity contribution in [1.82, 2.24) is 10.3 Å². The average molecular weight is 359 g/mol. The number of carbonyl (C=O) groups excluding carboxylic acids is 1. The van der Waals surface area contributed by atoms with Crippen molar-refractivity contribution in [1.29, 1.82) is 0 Å². The topological polar surface area (TPSA) is 79.3 Å². The third-order valence-electron chi connectivity index (χ3n) is 2.85. The number of aryl methyl sites for hydroxylation is 1. The van der Waals surface area contributed by atoms with Crippen LogP contribution in [-0.4, -0.2) is 22.0 Å². The lowest BCUT2D eigenvalue weighted by Crippen LogP contribution is -2.26. The number of rotatable bonds is 4. The summed E-state index contributed by atoms with van der Waals surface area (Å²) >= 11 is 12.8. The summed E-state index contributed by atoms with van der Waals surface area (Å²) in [7, 11) is 0. The van der Waals surface area contributed by atoms with E-state index < -0.39 is 12.0 Å². The summed E-state index contributed by atoms with van der Waals surface area (Å²) in [6, 6.07) is 4.12. The quantitative estimate of drug-likeness (QED) is 0.866. The molecule has 0 fully saturated rings. The van der Waals surface area contributed by atoms with Crippen molar-refractivity contribution in [2.75, 3.05) is 0 Å². The van der Waals surface area contributed by atoms with E-state index in [1.807, 2.05) is 0 Å². The highest BCUT2D eigenvalue weighted by molar-refractivity contribution is 7.13. The molecular weight excluding hydrogens is 347 g/mol. The van der Waals surface area contributed by atoms with Gasteiger partial charge in [0.1, 0.15) is 9.88 Å². The molecule has 0 aliphatic rings. The second-order valence-electron chi connectivity index (χ2n) is 4.63. The third-order valence-corrected chi connectivity index (χ3v) is 4.61. The van der Waals surface area contributed by atoms with Crippen LogP contribution in [0, 0.1) is 6.92 Å². The van der Waals surface area contributed by atoms with Gasteiger partial charge < -0.3 is 10.4 Å². The Morgan fingerprint density at radius 1 is 1.27 bits per heavy atom. The molecule has 0 radical (unpaired) electrons. The lowest BCUT2D eigenvalue weighted by atomic mass is 10.2. The molecule has 2 aromatic rings. The number of hydrogen-bond donors (Lipinski definition) is 2. The minimum atomic E-state index is -1.03. The number of thiazole rings is 1. The van der Waals surface area contributed by atoms with Crippen molar-refractivity contribution in [2.45, 2.75) is 19.9 Å². The van der Waals surface area contributed by atoms with E-state index in [0.29, 0.717) is 26.3 Å². The number of carboxylic acid groups (broad SMARTS) is 1. The van der Waals surface area contributed by atoms with E-state index in [4.69, 9.17) is 28.3 Å². The van der Waals surface area contributed by atoms with Gasteiger partial charge in [-0.3, -0.25) is 4.79 Å². The molecule has 0 saturated heterocycles. The first-order valence-corrected chi connectivity index (χ1v) is 7.82. The number of halogens is 2. The van der Waals surface area contributed by atoms with E-state index in [2.05, 4.69) is 10.3 Å². The minimum Gasteiger partial charge on any atom is -0.477 e. The lowest BCUT2D eigenvalue weighted by molar-refractivity contribution is 0.0701. The Morgan fingerprint density at radius 2 is 1.86 bits per heavy atom. The van der Waals surface area contributed by atoms with Crippen molar-refractivity contribution < 1.29 is 14.7 Å².